The van der Waals surface area contributed by atoms with Crippen molar-refractivity contribution in [1.29, 1.82) is 0 Å². The van der Waals surface area contributed by atoms with Gasteiger partial charge in [0.05, 0.1) is 18.2 Å². The minimum absolute atomic E-state index is 0.157. The number of benzene rings is 2. The molecule has 8 heteroatoms. The van der Waals surface area contributed by atoms with Gasteiger partial charge in [0.2, 0.25) is 5.43 Å². The molecule has 2 aromatic carbocycles. The van der Waals surface area contributed by atoms with Crippen LogP contribution in [-0.2, 0) is 12.7 Å². The average molecular weight is 390 g/mol. The van der Waals surface area contributed by atoms with Gasteiger partial charge >= 0.3 is 6.18 Å². The summed E-state index contributed by atoms with van der Waals surface area (Å²) in [5, 5.41) is 2.42. The largest absolute Gasteiger partial charge is 0.497 e. The van der Waals surface area contributed by atoms with Gasteiger partial charge in [-0.2, -0.15) is 13.2 Å². The van der Waals surface area contributed by atoms with Gasteiger partial charge in [0.15, 0.2) is 0 Å². The van der Waals surface area contributed by atoms with Crippen LogP contribution in [0.15, 0.2) is 53.5 Å². The Kier molecular flexibility index (Phi) is 5.13. The second kappa shape index (κ2) is 7.38. The van der Waals surface area contributed by atoms with E-state index in [0.717, 1.165) is 12.1 Å². The van der Waals surface area contributed by atoms with Crippen molar-refractivity contribution >= 4 is 22.5 Å². The summed E-state index contributed by atoms with van der Waals surface area (Å²) in [5.74, 6) is -0.197. The summed E-state index contributed by atoms with van der Waals surface area (Å²) >= 11 is 0. The number of aryl methyl sites for hydroxylation is 1. The Morgan fingerprint density at radius 3 is 2.57 bits per heavy atom. The summed E-state index contributed by atoms with van der Waals surface area (Å²) in [6.45, 7) is 2.15. The fourth-order valence-corrected chi connectivity index (χ4v) is 2.90. The molecule has 28 heavy (non-hydrogen) atoms. The number of amides is 1. The zero-order chi connectivity index (χ0) is 20.5. The maximum atomic E-state index is 13.0. The molecule has 0 fully saturated rings. The molecule has 3 rings (SSSR count). The molecule has 0 saturated carbocycles. The maximum absolute atomic E-state index is 13.0. The fraction of sp³-hybridized carbons (Fsp3) is 0.200. The van der Waals surface area contributed by atoms with E-state index in [0.29, 0.717) is 23.5 Å². The van der Waals surface area contributed by atoms with Gasteiger partial charge in [-0.1, -0.05) is 6.07 Å². The monoisotopic (exact) mass is 390 g/mol. The highest BCUT2D eigenvalue weighted by Crippen LogP contribution is 2.31. The molecular formula is C20H17F3N2O3. The summed E-state index contributed by atoms with van der Waals surface area (Å²) in [5.41, 5.74) is -1.21. The molecule has 0 spiro atoms. The quantitative estimate of drug-likeness (QED) is 0.723. The predicted molar refractivity (Wildman–Crippen MR) is 99.8 cm³/mol. The van der Waals surface area contributed by atoms with Crippen molar-refractivity contribution in [2.24, 2.45) is 0 Å². The molecule has 0 atom stereocenters. The second-order valence-corrected chi connectivity index (χ2v) is 6.07. The topological polar surface area (TPSA) is 60.3 Å². The first-order valence-corrected chi connectivity index (χ1v) is 8.44. The predicted octanol–water partition coefficient (Wildman–Crippen LogP) is 4.30. The molecule has 1 heterocycles. The van der Waals surface area contributed by atoms with Crippen LogP contribution in [0.5, 0.6) is 5.75 Å². The summed E-state index contributed by atoms with van der Waals surface area (Å²) in [7, 11) is 1.47. The summed E-state index contributed by atoms with van der Waals surface area (Å²) in [6.07, 6.45) is -3.23. The van der Waals surface area contributed by atoms with Crippen LogP contribution in [0.4, 0.5) is 18.9 Å². The van der Waals surface area contributed by atoms with Crippen molar-refractivity contribution in [1.82, 2.24) is 4.57 Å². The molecule has 0 aliphatic carbocycles. The minimum Gasteiger partial charge on any atom is -0.497 e. The summed E-state index contributed by atoms with van der Waals surface area (Å²) in [6, 6.07) is 9.48. The van der Waals surface area contributed by atoms with E-state index in [9.17, 15) is 22.8 Å². The molecule has 1 N–H and O–H groups in total. The Morgan fingerprint density at radius 1 is 1.18 bits per heavy atom. The first-order chi connectivity index (χ1) is 13.2. The van der Waals surface area contributed by atoms with Crippen molar-refractivity contribution < 1.29 is 22.7 Å². The average Bonchev–Trinajstić information content (AvgIpc) is 2.67. The van der Waals surface area contributed by atoms with Gasteiger partial charge in [-0.05, 0) is 37.3 Å². The van der Waals surface area contributed by atoms with Gasteiger partial charge in [0.25, 0.3) is 5.91 Å². The molecule has 0 unspecified atom stereocenters. The van der Waals surface area contributed by atoms with Crippen LogP contribution in [0.1, 0.15) is 22.8 Å². The number of carbonyl (C=O) groups is 1. The van der Waals surface area contributed by atoms with Gasteiger partial charge < -0.3 is 14.6 Å². The number of pyridine rings is 1. The van der Waals surface area contributed by atoms with Gasteiger partial charge in [-0.3, -0.25) is 9.59 Å². The molecule has 0 bridgehead atoms. The molecule has 0 aliphatic rings. The van der Waals surface area contributed by atoms with Crippen molar-refractivity contribution in [3.05, 3.63) is 70.0 Å². The number of nitrogens with one attached hydrogen (secondary N) is 1. The molecule has 1 amide bonds. The number of hydrogen-bond acceptors (Lipinski definition) is 3. The molecule has 1 aromatic heterocycles. The van der Waals surface area contributed by atoms with E-state index in [4.69, 9.17) is 4.74 Å². The third kappa shape index (κ3) is 3.71. The second-order valence-electron chi connectivity index (χ2n) is 6.07. The van der Waals surface area contributed by atoms with E-state index >= 15 is 0 Å². The fourth-order valence-electron chi connectivity index (χ4n) is 2.90. The first-order valence-electron chi connectivity index (χ1n) is 8.44. The molecule has 5 nitrogen and oxygen atoms in total. The lowest BCUT2D eigenvalue weighted by atomic mass is 10.1. The van der Waals surface area contributed by atoms with Crippen LogP contribution < -0.4 is 15.5 Å². The third-order valence-corrected chi connectivity index (χ3v) is 4.32. The van der Waals surface area contributed by atoms with E-state index in [2.05, 4.69) is 5.32 Å². The number of hydrogen-bond donors (Lipinski definition) is 1. The van der Waals surface area contributed by atoms with Crippen LogP contribution in [0.2, 0.25) is 0 Å². The molecular weight excluding hydrogens is 373 g/mol. The highest BCUT2D eigenvalue weighted by atomic mass is 19.4. The molecule has 0 saturated heterocycles. The highest BCUT2D eigenvalue weighted by molar-refractivity contribution is 6.05. The maximum Gasteiger partial charge on any atom is 0.416 e. The highest BCUT2D eigenvalue weighted by Gasteiger charge is 2.31. The number of halogens is 3. The zero-order valence-electron chi connectivity index (χ0n) is 15.1. The van der Waals surface area contributed by atoms with Crippen LogP contribution in [-0.4, -0.2) is 17.6 Å². The van der Waals surface area contributed by atoms with E-state index in [1.807, 2.05) is 0 Å². The van der Waals surface area contributed by atoms with Crippen LogP contribution in [0, 0.1) is 0 Å². The Bertz CT molecular complexity index is 1100. The Morgan fingerprint density at radius 2 is 1.93 bits per heavy atom. The number of ether oxygens (including phenoxy) is 1. The number of aromatic nitrogens is 1. The Labute approximate surface area is 158 Å². The van der Waals surface area contributed by atoms with E-state index in [1.165, 1.54) is 19.4 Å². The van der Waals surface area contributed by atoms with Gasteiger partial charge in [0, 0.05) is 29.9 Å². The number of methoxy groups -OCH3 is 1. The van der Waals surface area contributed by atoms with Crippen molar-refractivity contribution in [3.63, 3.8) is 0 Å². The molecule has 3 aromatic rings. The molecule has 146 valence electrons. The van der Waals surface area contributed by atoms with E-state index in [1.54, 1.807) is 35.8 Å². The lowest BCUT2D eigenvalue weighted by Gasteiger charge is -2.14. The summed E-state index contributed by atoms with van der Waals surface area (Å²) in [4.78, 5) is 25.4. The normalized spacial score (nSPS) is 11.5. The lowest BCUT2D eigenvalue weighted by molar-refractivity contribution is -0.137. The summed E-state index contributed by atoms with van der Waals surface area (Å²) < 4.78 is 45.8. The van der Waals surface area contributed by atoms with Gasteiger partial charge in [-0.15, -0.1) is 0 Å². The van der Waals surface area contributed by atoms with Crippen LogP contribution in [0.25, 0.3) is 10.9 Å². The first kappa shape index (κ1) is 19.5. The standard InChI is InChI=1S/C20H17F3N2O3/c1-3-25-11-16(19(27)24-13-5-4-6-14(10-13)28-2)18(26)15-9-12(20(21,22)23)7-8-17(15)25/h4-11H,3H2,1-2H3,(H,24,27). The smallest absolute Gasteiger partial charge is 0.416 e. The van der Waals surface area contributed by atoms with Crippen molar-refractivity contribution in [2.75, 3.05) is 12.4 Å². The number of rotatable bonds is 4. The number of alkyl halides is 3. The third-order valence-electron chi connectivity index (χ3n) is 4.32. The Balaban J connectivity index is 2.10. The minimum atomic E-state index is -4.59. The Hall–Kier alpha value is -3.29. The van der Waals surface area contributed by atoms with E-state index in [-0.39, 0.29) is 10.9 Å². The molecule has 0 radical (unpaired) electrons. The van der Waals surface area contributed by atoms with Crippen LogP contribution in [0.3, 0.4) is 0 Å². The lowest BCUT2D eigenvalue weighted by Crippen LogP contribution is -2.24. The van der Waals surface area contributed by atoms with Crippen LogP contribution >= 0.6 is 0 Å². The SMILES string of the molecule is CCn1cc(C(=O)Nc2cccc(OC)c2)c(=O)c2cc(C(F)(F)F)ccc21. The number of anilines is 1. The number of carbonyl (C=O) groups excluding carboxylic acids is 1. The molecule has 0 aliphatic heterocycles. The van der Waals surface area contributed by atoms with Gasteiger partial charge in [-0.25, -0.2) is 0 Å². The van der Waals surface area contributed by atoms with Crippen molar-refractivity contribution in [2.45, 2.75) is 19.6 Å². The number of fused-ring (bicyclic) bond motifs is 1. The van der Waals surface area contributed by atoms with Crippen molar-refractivity contribution in [3.8, 4) is 5.75 Å². The zero-order valence-corrected chi connectivity index (χ0v) is 15.1. The van der Waals surface area contributed by atoms with E-state index < -0.39 is 23.1 Å². The van der Waals surface area contributed by atoms with Gasteiger partial charge in [0.1, 0.15) is 11.3 Å². The number of nitrogens with zero attached hydrogens (tertiary/aromatic N) is 1.